The van der Waals surface area contributed by atoms with Gasteiger partial charge in [-0.1, -0.05) is 42.5 Å². The van der Waals surface area contributed by atoms with Crippen LogP contribution in [0.5, 0.6) is 11.8 Å². The summed E-state index contributed by atoms with van der Waals surface area (Å²) < 4.78 is 40.8. The summed E-state index contributed by atoms with van der Waals surface area (Å²) in [4.78, 5) is 27.0. The van der Waals surface area contributed by atoms with Gasteiger partial charge in [0.05, 0.1) is 11.3 Å². The highest BCUT2D eigenvalue weighted by molar-refractivity contribution is 7.90. The zero-order valence-electron chi connectivity index (χ0n) is 23.8. The van der Waals surface area contributed by atoms with Crippen LogP contribution in [0.3, 0.4) is 0 Å². The summed E-state index contributed by atoms with van der Waals surface area (Å²) >= 11 is 0. The first kappa shape index (κ1) is 28.4. The van der Waals surface area contributed by atoms with E-state index in [-0.39, 0.29) is 29.7 Å². The van der Waals surface area contributed by atoms with Crippen LogP contribution in [0.1, 0.15) is 41.4 Å². The lowest BCUT2D eigenvalue weighted by Gasteiger charge is -2.22. The molecular formula is C31H30N6O5S. The van der Waals surface area contributed by atoms with Gasteiger partial charge in [0.2, 0.25) is 9.84 Å². The summed E-state index contributed by atoms with van der Waals surface area (Å²) in [6.45, 7) is 0.675. The number of fused-ring (bicyclic) bond motifs is 1. The van der Waals surface area contributed by atoms with Gasteiger partial charge < -0.3 is 14.4 Å². The van der Waals surface area contributed by atoms with Gasteiger partial charge in [0.1, 0.15) is 12.0 Å². The smallest absolute Gasteiger partial charge is 0.326 e. The molecule has 3 heterocycles. The highest BCUT2D eigenvalue weighted by Crippen LogP contribution is 2.31. The van der Waals surface area contributed by atoms with Crippen LogP contribution in [0.25, 0.3) is 22.3 Å². The number of hydrogen-bond acceptors (Lipinski definition) is 9. The van der Waals surface area contributed by atoms with E-state index < -0.39 is 15.0 Å². The van der Waals surface area contributed by atoms with Gasteiger partial charge >= 0.3 is 6.01 Å². The van der Waals surface area contributed by atoms with E-state index in [0.29, 0.717) is 34.6 Å². The largest absolute Gasteiger partial charge is 0.424 e. The van der Waals surface area contributed by atoms with Gasteiger partial charge in [-0.25, -0.2) is 13.1 Å². The number of hydrogen-bond donors (Lipinski definition) is 0. The van der Waals surface area contributed by atoms with Crippen molar-refractivity contribution in [2.45, 2.75) is 36.4 Å². The Balaban J connectivity index is 1.41. The van der Waals surface area contributed by atoms with E-state index in [1.165, 1.54) is 4.90 Å². The van der Waals surface area contributed by atoms with Crippen molar-refractivity contribution in [3.05, 3.63) is 90.1 Å². The van der Waals surface area contributed by atoms with Gasteiger partial charge in [-0.15, -0.1) is 0 Å². The molecule has 1 unspecified atom stereocenters. The van der Waals surface area contributed by atoms with Gasteiger partial charge in [-0.05, 0) is 55.2 Å². The second-order valence-corrected chi connectivity index (χ2v) is 12.3. The molecule has 1 aliphatic heterocycles. The summed E-state index contributed by atoms with van der Waals surface area (Å²) in [5.74, 6) is 0.0137. The van der Waals surface area contributed by atoms with Gasteiger partial charge in [-0.2, -0.15) is 20.1 Å². The lowest BCUT2D eigenvalue weighted by atomic mass is 10.1. The number of amides is 1. The van der Waals surface area contributed by atoms with Crippen molar-refractivity contribution >= 4 is 26.6 Å². The minimum atomic E-state index is -3.98. The van der Waals surface area contributed by atoms with Crippen LogP contribution < -0.4 is 4.74 Å². The molecule has 1 atom stereocenters. The fourth-order valence-electron chi connectivity index (χ4n) is 4.87. The molecule has 0 radical (unpaired) electrons. The maximum Gasteiger partial charge on any atom is 0.326 e. The van der Waals surface area contributed by atoms with Crippen LogP contribution in [0.2, 0.25) is 0 Å². The average Bonchev–Trinajstić information content (AvgIpc) is 3.46. The number of carbonyl (C=O) groups is 1. The topological polar surface area (TPSA) is 129 Å². The molecule has 6 rings (SSSR count). The SMILES string of the molecule is CN(C)C(=O)c1ccc(Oc2nc(-c3cccc4nn(C5CCCCO5)cc34)nc(S(=O)(=O)Cc3ccccc3)n2)cc1. The van der Waals surface area contributed by atoms with E-state index in [1.54, 1.807) is 67.3 Å². The lowest BCUT2D eigenvalue weighted by Crippen LogP contribution is -2.21. The lowest BCUT2D eigenvalue weighted by molar-refractivity contribution is -0.0390. The first-order valence-corrected chi connectivity index (χ1v) is 15.5. The van der Waals surface area contributed by atoms with Crippen LogP contribution in [-0.4, -0.2) is 64.7 Å². The fourth-order valence-corrected chi connectivity index (χ4v) is 6.07. The molecule has 1 aliphatic rings. The molecule has 1 amide bonds. The molecule has 220 valence electrons. The number of rotatable bonds is 8. The van der Waals surface area contributed by atoms with Crippen LogP contribution in [0, 0.1) is 0 Å². The Bertz CT molecular complexity index is 1870. The molecule has 0 saturated carbocycles. The molecule has 0 spiro atoms. The van der Waals surface area contributed by atoms with Gasteiger partial charge in [0.15, 0.2) is 5.82 Å². The number of sulfone groups is 1. The van der Waals surface area contributed by atoms with Crippen molar-refractivity contribution in [2.75, 3.05) is 20.7 Å². The maximum absolute atomic E-state index is 13.6. The molecule has 3 aromatic carbocycles. The van der Waals surface area contributed by atoms with Crippen LogP contribution in [-0.2, 0) is 20.3 Å². The Kier molecular flexibility index (Phi) is 7.87. The first-order valence-electron chi connectivity index (χ1n) is 13.9. The van der Waals surface area contributed by atoms with Crippen molar-refractivity contribution in [3.63, 3.8) is 0 Å². The Hall–Kier alpha value is -4.68. The predicted octanol–water partition coefficient (Wildman–Crippen LogP) is 5.06. The predicted molar refractivity (Wildman–Crippen MR) is 159 cm³/mol. The minimum absolute atomic E-state index is 0.130. The number of benzene rings is 3. The highest BCUT2D eigenvalue weighted by Gasteiger charge is 2.25. The zero-order chi connectivity index (χ0) is 30.0. The van der Waals surface area contributed by atoms with Crippen molar-refractivity contribution in [1.82, 2.24) is 29.6 Å². The van der Waals surface area contributed by atoms with E-state index in [2.05, 4.69) is 15.0 Å². The molecule has 0 aliphatic carbocycles. The third kappa shape index (κ3) is 6.25. The molecule has 12 heteroatoms. The van der Waals surface area contributed by atoms with E-state index in [0.717, 1.165) is 24.6 Å². The van der Waals surface area contributed by atoms with Crippen molar-refractivity contribution in [2.24, 2.45) is 0 Å². The van der Waals surface area contributed by atoms with Crippen molar-refractivity contribution in [1.29, 1.82) is 0 Å². The molecule has 11 nitrogen and oxygen atoms in total. The standard InChI is InChI=1S/C31H30N6O5S/c1-36(2)29(38)22-14-16-23(17-15-22)42-30-32-28(33-31(34-30)43(39,40)20-21-9-4-3-5-10-21)24-11-8-12-26-25(24)19-37(35-26)27-13-6-7-18-41-27/h3-5,8-12,14-17,19,27H,6-7,13,18,20H2,1-2H3. The molecular weight excluding hydrogens is 568 g/mol. The first-order chi connectivity index (χ1) is 20.8. The summed E-state index contributed by atoms with van der Waals surface area (Å²) in [5, 5.41) is 5.05. The quantitative estimate of drug-likeness (QED) is 0.241. The molecule has 0 N–H and O–H groups in total. The van der Waals surface area contributed by atoms with E-state index >= 15 is 0 Å². The monoisotopic (exact) mass is 598 g/mol. The minimum Gasteiger partial charge on any atom is -0.424 e. The number of ether oxygens (including phenoxy) is 2. The Morgan fingerprint density at radius 2 is 1.77 bits per heavy atom. The Labute approximate surface area is 249 Å². The van der Waals surface area contributed by atoms with Crippen molar-refractivity contribution < 1.29 is 22.7 Å². The van der Waals surface area contributed by atoms with Gasteiger partial charge in [-0.3, -0.25) is 4.79 Å². The van der Waals surface area contributed by atoms with Crippen molar-refractivity contribution in [3.8, 4) is 23.1 Å². The molecule has 2 aromatic heterocycles. The number of nitrogens with zero attached hydrogens (tertiary/aromatic N) is 6. The number of aromatic nitrogens is 5. The van der Waals surface area contributed by atoms with Gasteiger partial charge in [0, 0.05) is 43.4 Å². The molecule has 0 bridgehead atoms. The molecule has 1 saturated heterocycles. The normalized spacial score (nSPS) is 15.3. The van der Waals surface area contributed by atoms with Crippen LogP contribution >= 0.6 is 0 Å². The Morgan fingerprint density at radius 1 is 0.977 bits per heavy atom. The van der Waals surface area contributed by atoms with E-state index in [1.807, 2.05) is 30.5 Å². The molecule has 1 fully saturated rings. The number of carbonyl (C=O) groups excluding carboxylic acids is 1. The fraction of sp³-hybridized carbons (Fsp3) is 0.258. The molecule has 5 aromatic rings. The van der Waals surface area contributed by atoms with E-state index in [4.69, 9.17) is 14.6 Å². The summed E-state index contributed by atoms with van der Waals surface area (Å²) in [7, 11) is -0.645. The summed E-state index contributed by atoms with van der Waals surface area (Å²) in [6, 6.07) is 20.6. The zero-order valence-corrected chi connectivity index (χ0v) is 24.6. The second kappa shape index (κ2) is 11.9. The molecule has 43 heavy (non-hydrogen) atoms. The van der Waals surface area contributed by atoms with Gasteiger partial charge in [0.25, 0.3) is 11.1 Å². The Morgan fingerprint density at radius 3 is 2.49 bits per heavy atom. The second-order valence-electron chi connectivity index (χ2n) is 10.5. The van der Waals surface area contributed by atoms with E-state index in [9.17, 15) is 13.2 Å². The highest BCUT2D eigenvalue weighted by atomic mass is 32.2. The third-order valence-electron chi connectivity index (χ3n) is 7.05. The maximum atomic E-state index is 13.6. The summed E-state index contributed by atoms with van der Waals surface area (Å²) in [6.07, 6.45) is 4.63. The third-order valence-corrected chi connectivity index (χ3v) is 8.50. The van der Waals surface area contributed by atoms with Crippen LogP contribution in [0.15, 0.2) is 84.1 Å². The average molecular weight is 599 g/mol. The van der Waals surface area contributed by atoms with Crippen LogP contribution in [0.4, 0.5) is 0 Å². The summed E-state index contributed by atoms with van der Waals surface area (Å²) in [5.41, 5.74) is 2.36.